The van der Waals surface area contributed by atoms with Crippen LogP contribution in [0.25, 0.3) is 21.7 Å². The van der Waals surface area contributed by atoms with Crippen LogP contribution in [-0.2, 0) is 7.05 Å². The first kappa shape index (κ1) is 17.4. The van der Waals surface area contributed by atoms with Crippen LogP contribution in [0.3, 0.4) is 0 Å². The fourth-order valence-corrected chi connectivity index (χ4v) is 3.80. The Hall–Kier alpha value is -3.00. The van der Waals surface area contributed by atoms with E-state index in [0.29, 0.717) is 28.1 Å². The van der Waals surface area contributed by atoms with Gasteiger partial charge in [-0.2, -0.15) is 5.10 Å². The van der Waals surface area contributed by atoms with E-state index in [-0.39, 0.29) is 11.9 Å². The molecule has 0 bridgehead atoms. The Balaban J connectivity index is 1.74. The van der Waals surface area contributed by atoms with Crippen LogP contribution >= 0.6 is 11.3 Å². The SMILES string of the molecule is Cc1noc2nc(-c3cccs3)cc(C(=O)N[C@H](C)c3cnn(C)c3C)c12. The lowest BCUT2D eigenvalue weighted by atomic mass is 10.1. The fourth-order valence-electron chi connectivity index (χ4n) is 3.12. The molecule has 0 aliphatic carbocycles. The maximum absolute atomic E-state index is 13.1. The van der Waals surface area contributed by atoms with Crippen LogP contribution < -0.4 is 5.32 Å². The Morgan fingerprint density at radius 3 is 2.85 bits per heavy atom. The highest BCUT2D eigenvalue weighted by Crippen LogP contribution is 2.29. The third kappa shape index (κ3) is 3.02. The molecular formula is C19H19N5O2S. The lowest BCUT2D eigenvalue weighted by Gasteiger charge is -2.14. The van der Waals surface area contributed by atoms with Crippen molar-refractivity contribution in [2.24, 2.45) is 7.05 Å². The molecule has 1 N–H and O–H groups in total. The molecule has 0 saturated heterocycles. The van der Waals surface area contributed by atoms with E-state index in [2.05, 4.69) is 20.6 Å². The molecule has 0 spiro atoms. The predicted octanol–water partition coefficient (Wildman–Crippen LogP) is 3.79. The largest absolute Gasteiger partial charge is 0.345 e. The Morgan fingerprint density at radius 1 is 1.37 bits per heavy atom. The Morgan fingerprint density at radius 2 is 2.19 bits per heavy atom. The lowest BCUT2D eigenvalue weighted by Crippen LogP contribution is -2.27. The van der Waals surface area contributed by atoms with E-state index in [0.717, 1.165) is 16.1 Å². The van der Waals surface area contributed by atoms with Crippen LogP contribution in [0.2, 0.25) is 0 Å². The predicted molar refractivity (Wildman–Crippen MR) is 104 cm³/mol. The van der Waals surface area contributed by atoms with Crippen molar-refractivity contribution in [2.75, 3.05) is 0 Å². The van der Waals surface area contributed by atoms with Gasteiger partial charge in [-0.15, -0.1) is 11.3 Å². The summed E-state index contributed by atoms with van der Waals surface area (Å²) < 4.78 is 7.13. The summed E-state index contributed by atoms with van der Waals surface area (Å²) in [7, 11) is 1.88. The molecule has 4 heterocycles. The third-order valence-corrected chi connectivity index (χ3v) is 5.62. The van der Waals surface area contributed by atoms with Crippen LogP contribution in [-0.4, -0.2) is 25.8 Å². The molecule has 0 saturated carbocycles. The first-order chi connectivity index (χ1) is 13.0. The van der Waals surface area contributed by atoms with Crippen LogP contribution in [0, 0.1) is 13.8 Å². The molecule has 27 heavy (non-hydrogen) atoms. The summed E-state index contributed by atoms with van der Waals surface area (Å²) in [6.45, 7) is 5.74. The normalized spacial score (nSPS) is 12.4. The van der Waals surface area contributed by atoms with Gasteiger partial charge in [-0.05, 0) is 38.3 Å². The van der Waals surface area contributed by atoms with E-state index in [1.807, 2.05) is 45.3 Å². The molecule has 0 aromatic carbocycles. The minimum Gasteiger partial charge on any atom is -0.345 e. The van der Waals surface area contributed by atoms with E-state index >= 15 is 0 Å². The van der Waals surface area contributed by atoms with E-state index in [1.54, 1.807) is 28.3 Å². The van der Waals surface area contributed by atoms with E-state index in [4.69, 9.17) is 4.52 Å². The first-order valence-corrected chi connectivity index (χ1v) is 9.44. The van der Waals surface area contributed by atoms with E-state index in [9.17, 15) is 4.79 Å². The highest BCUT2D eigenvalue weighted by molar-refractivity contribution is 7.13. The average molecular weight is 381 g/mol. The molecule has 8 heteroatoms. The van der Waals surface area contributed by atoms with Crippen molar-refractivity contribution in [1.29, 1.82) is 0 Å². The minimum atomic E-state index is -0.192. The third-order valence-electron chi connectivity index (χ3n) is 4.72. The van der Waals surface area contributed by atoms with Gasteiger partial charge in [0.2, 0.25) is 0 Å². The second kappa shape index (κ2) is 6.62. The Bertz CT molecular complexity index is 1130. The molecule has 0 unspecified atom stereocenters. The summed E-state index contributed by atoms with van der Waals surface area (Å²) in [5, 5.41) is 13.9. The minimum absolute atomic E-state index is 0.181. The van der Waals surface area contributed by atoms with Crippen LogP contribution in [0.4, 0.5) is 0 Å². The Kier molecular flexibility index (Phi) is 4.27. The lowest BCUT2D eigenvalue weighted by molar-refractivity contribution is 0.0941. The number of hydrogen-bond acceptors (Lipinski definition) is 6. The van der Waals surface area contributed by atoms with Gasteiger partial charge in [-0.1, -0.05) is 11.2 Å². The molecule has 0 radical (unpaired) electrons. The molecule has 4 rings (SSSR count). The van der Waals surface area contributed by atoms with Gasteiger partial charge >= 0.3 is 0 Å². The van der Waals surface area contributed by atoms with Gasteiger partial charge in [0.15, 0.2) is 0 Å². The van der Waals surface area contributed by atoms with Crippen molar-refractivity contribution in [3.8, 4) is 10.6 Å². The number of rotatable bonds is 4. The fraction of sp³-hybridized carbons (Fsp3) is 0.263. The molecule has 7 nitrogen and oxygen atoms in total. The van der Waals surface area contributed by atoms with Crippen molar-refractivity contribution in [3.05, 3.63) is 52.3 Å². The number of carbonyl (C=O) groups excluding carboxylic acids is 1. The van der Waals surface area contributed by atoms with Gasteiger partial charge < -0.3 is 9.84 Å². The number of fused-ring (bicyclic) bond motifs is 1. The van der Waals surface area contributed by atoms with Crippen molar-refractivity contribution < 1.29 is 9.32 Å². The second-order valence-electron chi connectivity index (χ2n) is 6.48. The van der Waals surface area contributed by atoms with Gasteiger partial charge in [0, 0.05) is 18.3 Å². The number of aryl methyl sites for hydroxylation is 2. The molecular weight excluding hydrogens is 362 g/mol. The number of pyridine rings is 1. The van der Waals surface area contributed by atoms with Gasteiger partial charge in [-0.25, -0.2) is 4.98 Å². The molecule has 4 aromatic heterocycles. The number of nitrogens with zero attached hydrogens (tertiary/aromatic N) is 4. The Labute approximate surface area is 160 Å². The number of hydrogen-bond donors (Lipinski definition) is 1. The molecule has 0 aliphatic heterocycles. The van der Waals surface area contributed by atoms with Crippen LogP contribution in [0.15, 0.2) is 34.3 Å². The average Bonchev–Trinajstić information content (AvgIpc) is 3.37. The van der Waals surface area contributed by atoms with Gasteiger partial charge in [0.25, 0.3) is 11.6 Å². The van der Waals surface area contributed by atoms with E-state index in [1.165, 1.54) is 0 Å². The highest BCUT2D eigenvalue weighted by Gasteiger charge is 2.22. The van der Waals surface area contributed by atoms with E-state index < -0.39 is 0 Å². The number of nitrogens with one attached hydrogen (secondary N) is 1. The standard InChI is InChI=1S/C19H19N5O2S/c1-10(14-9-20-24(4)12(14)3)21-18(25)13-8-15(16-6-5-7-27-16)22-19-17(13)11(2)23-26-19/h5-10H,1-4H3,(H,21,25)/t10-/m1/s1. The zero-order chi connectivity index (χ0) is 19.1. The van der Waals surface area contributed by atoms with Crippen LogP contribution in [0.5, 0.6) is 0 Å². The number of carbonyl (C=O) groups is 1. The number of thiophene rings is 1. The summed E-state index contributed by atoms with van der Waals surface area (Å²) in [5.41, 5.74) is 4.22. The summed E-state index contributed by atoms with van der Waals surface area (Å²) in [6, 6.07) is 5.53. The smallest absolute Gasteiger partial charge is 0.259 e. The topological polar surface area (TPSA) is 85.8 Å². The first-order valence-electron chi connectivity index (χ1n) is 8.56. The quantitative estimate of drug-likeness (QED) is 0.581. The maximum atomic E-state index is 13.1. The van der Waals surface area contributed by atoms with Crippen molar-refractivity contribution in [1.82, 2.24) is 25.2 Å². The second-order valence-corrected chi connectivity index (χ2v) is 7.43. The monoisotopic (exact) mass is 381 g/mol. The molecule has 1 amide bonds. The summed E-state index contributed by atoms with van der Waals surface area (Å²) in [4.78, 5) is 18.6. The number of aromatic nitrogens is 4. The highest BCUT2D eigenvalue weighted by atomic mass is 32.1. The zero-order valence-electron chi connectivity index (χ0n) is 15.5. The molecule has 138 valence electrons. The molecule has 0 fully saturated rings. The summed E-state index contributed by atoms with van der Waals surface area (Å²) in [6.07, 6.45) is 1.78. The van der Waals surface area contributed by atoms with Crippen molar-refractivity contribution in [3.63, 3.8) is 0 Å². The summed E-state index contributed by atoms with van der Waals surface area (Å²) in [5.74, 6) is -0.192. The van der Waals surface area contributed by atoms with Crippen molar-refractivity contribution >= 4 is 28.3 Å². The summed E-state index contributed by atoms with van der Waals surface area (Å²) >= 11 is 1.56. The van der Waals surface area contributed by atoms with Gasteiger partial charge in [0.05, 0.1) is 39.5 Å². The molecule has 4 aromatic rings. The zero-order valence-corrected chi connectivity index (χ0v) is 16.3. The van der Waals surface area contributed by atoms with Crippen LogP contribution in [0.1, 0.15) is 40.3 Å². The van der Waals surface area contributed by atoms with Gasteiger partial charge in [0.1, 0.15) is 0 Å². The van der Waals surface area contributed by atoms with Gasteiger partial charge in [-0.3, -0.25) is 9.48 Å². The van der Waals surface area contributed by atoms with Crippen molar-refractivity contribution in [2.45, 2.75) is 26.8 Å². The molecule has 1 atom stereocenters. The number of amides is 1. The molecule has 0 aliphatic rings. The maximum Gasteiger partial charge on any atom is 0.259 e.